The molecule has 0 bridgehead atoms. The Hall–Kier alpha value is -4.39. The van der Waals surface area contributed by atoms with Crippen LogP contribution < -0.4 is 5.32 Å². The lowest BCUT2D eigenvalue weighted by molar-refractivity contribution is -0.359. The van der Waals surface area contributed by atoms with Gasteiger partial charge in [-0.2, -0.15) is 0 Å². The topological polar surface area (TPSA) is 228 Å². The Labute approximate surface area is 525 Å². The number of amides is 1. The van der Waals surface area contributed by atoms with Gasteiger partial charge >= 0.3 is 0 Å². The van der Waals surface area contributed by atoms with Gasteiger partial charge in [0.25, 0.3) is 0 Å². The molecule has 0 radical (unpaired) electrons. The normalized spacial score (nSPS) is 24.3. The number of allylic oxidation sites excluding steroid dienone is 25. The maximum atomic E-state index is 13.3. The monoisotopic (exact) mass is 1220 g/mol. The van der Waals surface area contributed by atoms with Gasteiger partial charge in [-0.3, -0.25) is 4.79 Å². The fraction of sp³-hybridized carbons (Fsp3) is 0.630. The summed E-state index contributed by atoms with van der Waals surface area (Å²) in [5, 5.41) is 87.0. The van der Waals surface area contributed by atoms with Gasteiger partial charge in [-0.25, -0.2) is 0 Å². The van der Waals surface area contributed by atoms with E-state index in [9.17, 15) is 45.6 Å². The summed E-state index contributed by atoms with van der Waals surface area (Å²) < 4.78 is 22.7. The number of aliphatic hydroxyl groups excluding tert-OH is 8. The summed E-state index contributed by atoms with van der Waals surface area (Å²) in [6.45, 7) is 2.57. The second kappa shape index (κ2) is 55.7. The molecule has 2 fully saturated rings. The van der Waals surface area contributed by atoms with Crippen LogP contribution in [-0.2, 0) is 23.7 Å². The molecule has 0 spiro atoms. The number of carbonyl (C=O) groups is 1. The van der Waals surface area contributed by atoms with E-state index in [-0.39, 0.29) is 18.9 Å². The number of hydrogen-bond acceptors (Lipinski definition) is 13. The number of ether oxygens (including phenoxy) is 4. The van der Waals surface area contributed by atoms with E-state index in [0.29, 0.717) is 12.8 Å². The molecule has 2 rings (SSSR count). The lowest BCUT2D eigenvalue weighted by Gasteiger charge is -2.46. The van der Waals surface area contributed by atoms with Gasteiger partial charge in [-0.05, 0) is 116 Å². The van der Waals surface area contributed by atoms with Crippen LogP contribution in [0.5, 0.6) is 0 Å². The third-order valence-corrected chi connectivity index (χ3v) is 14.9. The average molecular weight is 1220 g/mol. The van der Waals surface area contributed by atoms with E-state index in [1.54, 1.807) is 6.08 Å². The first-order chi connectivity index (χ1) is 42.6. The number of unbranched alkanes of at least 4 members (excludes halogenated alkanes) is 14. The minimum atomic E-state index is -1.80. The molecule has 14 nitrogen and oxygen atoms in total. The Morgan fingerprint density at radius 2 is 0.805 bits per heavy atom. The molecule has 2 saturated heterocycles. The van der Waals surface area contributed by atoms with Crippen LogP contribution in [0.3, 0.4) is 0 Å². The van der Waals surface area contributed by atoms with E-state index in [2.05, 4.69) is 165 Å². The van der Waals surface area contributed by atoms with Gasteiger partial charge in [0, 0.05) is 6.42 Å². The van der Waals surface area contributed by atoms with Crippen LogP contribution in [0.15, 0.2) is 158 Å². The summed E-state index contributed by atoms with van der Waals surface area (Å²) in [7, 11) is 0. The van der Waals surface area contributed by atoms with E-state index >= 15 is 0 Å². The number of aliphatic hydroxyl groups is 8. The van der Waals surface area contributed by atoms with Crippen molar-refractivity contribution in [1.82, 2.24) is 5.32 Å². The van der Waals surface area contributed by atoms with E-state index in [4.69, 9.17) is 18.9 Å². The molecule has 2 heterocycles. The molecule has 12 unspecified atom stereocenters. The summed E-state index contributed by atoms with van der Waals surface area (Å²) in [4.78, 5) is 13.3. The average Bonchev–Trinajstić information content (AvgIpc) is 2.31. The molecule has 0 saturated carbocycles. The van der Waals surface area contributed by atoms with Crippen molar-refractivity contribution in [3.8, 4) is 0 Å². The van der Waals surface area contributed by atoms with Crippen molar-refractivity contribution in [1.29, 1.82) is 0 Å². The summed E-state index contributed by atoms with van der Waals surface area (Å²) in [6, 6.07) is -0.950. The summed E-state index contributed by atoms with van der Waals surface area (Å²) >= 11 is 0. The second-order valence-corrected chi connectivity index (χ2v) is 22.5. The highest BCUT2D eigenvalue weighted by Crippen LogP contribution is 2.30. The van der Waals surface area contributed by atoms with Crippen LogP contribution in [0.1, 0.15) is 200 Å². The zero-order valence-corrected chi connectivity index (χ0v) is 53.2. The van der Waals surface area contributed by atoms with Gasteiger partial charge in [0.2, 0.25) is 5.91 Å². The van der Waals surface area contributed by atoms with Gasteiger partial charge < -0.3 is 65.1 Å². The van der Waals surface area contributed by atoms with Gasteiger partial charge in [0.1, 0.15) is 48.8 Å². The minimum absolute atomic E-state index is 0.254. The fourth-order valence-electron chi connectivity index (χ4n) is 9.63. The summed E-state index contributed by atoms with van der Waals surface area (Å²) in [5.41, 5.74) is 0. The second-order valence-electron chi connectivity index (χ2n) is 22.5. The Kier molecular flexibility index (Phi) is 50.4. The molecule has 0 aromatic carbocycles. The zero-order valence-electron chi connectivity index (χ0n) is 53.2. The number of rotatable bonds is 51. The molecular weight excluding hydrogens is 1100 g/mol. The molecule has 14 heteroatoms. The third-order valence-electron chi connectivity index (χ3n) is 14.9. The molecule has 2 aliphatic heterocycles. The molecule has 9 N–H and O–H groups in total. The standard InChI is InChI=1S/C73H117NO13/c1-3-5-7-9-11-13-15-17-18-19-20-21-22-23-24-25-26-27-28-29-30-31-32-33-34-35-36-37-38-39-40-41-42-43-44-45-47-49-51-53-55-57-65(78)74-61(62(77)56-54-52-50-48-46-16-14-12-10-8-6-4-2)60-84-72-70(83)68(81)71(64(59-76)86-72)87-73-69(82)67(80)66(79)63(58-75)85-73/h5,7,10-13,17-18,20-21,23-24,26-27,29-30,32-33,35-36,38-39,46,48,54,56,61-64,66-73,75-77,79-83H,3-4,6,8-9,14-16,19,22,25,28,31,34,37,40-45,47,49-53,55,57-60H2,1-2H3,(H,74,78)/b7-5-,12-10+,13-11-,18-17-,21-20-,24-23-,27-26-,30-29-,33-32-,36-35-,39-38-,48-46+,56-54+. The van der Waals surface area contributed by atoms with Crippen LogP contribution in [0.25, 0.3) is 0 Å². The van der Waals surface area contributed by atoms with Crippen LogP contribution in [0.4, 0.5) is 0 Å². The summed E-state index contributed by atoms with van der Waals surface area (Å²) in [6.07, 6.45) is 68.8. The lowest BCUT2D eigenvalue weighted by atomic mass is 9.97. The molecule has 1 amide bonds. The van der Waals surface area contributed by atoms with E-state index in [1.165, 1.54) is 51.4 Å². The first kappa shape index (κ1) is 78.7. The van der Waals surface area contributed by atoms with Crippen LogP contribution in [0.2, 0.25) is 0 Å². The quantitative estimate of drug-likeness (QED) is 0.0204. The molecule has 2 aliphatic rings. The highest BCUT2D eigenvalue weighted by molar-refractivity contribution is 5.76. The van der Waals surface area contributed by atoms with Crippen LogP contribution >= 0.6 is 0 Å². The third kappa shape index (κ3) is 40.1. The number of nitrogens with one attached hydrogen (secondary N) is 1. The Morgan fingerprint density at radius 1 is 0.425 bits per heavy atom. The Bertz CT molecular complexity index is 2070. The largest absolute Gasteiger partial charge is 0.394 e. The SMILES string of the molecule is CC/C=C\C/C=C\C/C=C\C/C=C\C/C=C\C/C=C\C/C=C\C/C=C\C/C=C\C/C=C\CCCCCCCCCCCCC(=O)NC(COC1OC(CO)C(OC2OC(CO)C(O)C(O)C2O)C(O)C1O)C(O)/C=C/CC/C=C/CC/C=C/CCCC. The fourth-order valence-corrected chi connectivity index (χ4v) is 9.63. The first-order valence-corrected chi connectivity index (χ1v) is 33.2. The molecular formula is C73H117NO13. The number of carbonyl (C=O) groups excluding carboxylic acids is 1. The van der Waals surface area contributed by atoms with E-state index in [1.807, 2.05) is 6.08 Å². The number of hydrogen-bond donors (Lipinski definition) is 9. The predicted molar refractivity (Wildman–Crippen MR) is 354 cm³/mol. The van der Waals surface area contributed by atoms with Gasteiger partial charge in [0.15, 0.2) is 12.6 Å². The summed E-state index contributed by atoms with van der Waals surface area (Å²) in [5.74, 6) is -0.267. The molecule has 87 heavy (non-hydrogen) atoms. The van der Waals surface area contributed by atoms with Crippen molar-refractivity contribution in [2.75, 3.05) is 19.8 Å². The van der Waals surface area contributed by atoms with Crippen molar-refractivity contribution in [3.05, 3.63) is 158 Å². The first-order valence-electron chi connectivity index (χ1n) is 33.2. The molecule has 0 aromatic heterocycles. The van der Waals surface area contributed by atoms with Crippen molar-refractivity contribution >= 4 is 5.91 Å². The van der Waals surface area contributed by atoms with E-state index < -0.39 is 86.8 Å². The van der Waals surface area contributed by atoms with Crippen molar-refractivity contribution < 1.29 is 64.6 Å². The van der Waals surface area contributed by atoms with Crippen molar-refractivity contribution in [2.45, 2.75) is 274 Å². The highest BCUT2D eigenvalue weighted by atomic mass is 16.7. The molecule has 12 atom stereocenters. The highest BCUT2D eigenvalue weighted by Gasteiger charge is 2.51. The maximum absolute atomic E-state index is 13.3. The molecule has 492 valence electrons. The minimum Gasteiger partial charge on any atom is -0.394 e. The van der Waals surface area contributed by atoms with Crippen LogP contribution in [-0.4, -0.2) is 140 Å². The van der Waals surface area contributed by atoms with E-state index in [0.717, 1.165) is 116 Å². The van der Waals surface area contributed by atoms with Crippen molar-refractivity contribution in [2.24, 2.45) is 0 Å². The Balaban J connectivity index is 1.61. The van der Waals surface area contributed by atoms with Crippen LogP contribution in [0, 0.1) is 0 Å². The smallest absolute Gasteiger partial charge is 0.220 e. The van der Waals surface area contributed by atoms with Gasteiger partial charge in [0.05, 0.1) is 32.0 Å². The molecule has 0 aliphatic carbocycles. The zero-order chi connectivity index (χ0) is 63.1. The lowest BCUT2D eigenvalue weighted by Crippen LogP contribution is -2.65. The maximum Gasteiger partial charge on any atom is 0.220 e. The Morgan fingerprint density at radius 3 is 1.26 bits per heavy atom. The van der Waals surface area contributed by atoms with Gasteiger partial charge in [-0.1, -0.05) is 236 Å². The predicted octanol–water partition coefficient (Wildman–Crippen LogP) is 13.1. The van der Waals surface area contributed by atoms with Gasteiger partial charge in [-0.15, -0.1) is 0 Å². The molecule has 0 aromatic rings. The van der Waals surface area contributed by atoms with Crippen molar-refractivity contribution in [3.63, 3.8) is 0 Å².